The Morgan fingerprint density at radius 2 is 1.91 bits per heavy atom. The number of sulfonamides is 1. The largest absolute Gasteiger partial charge is 0.360 e. The van der Waals surface area contributed by atoms with Gasteiger partial charge in [-0.1, -0.05) is 17.3 Å². The van der Waals surface area contributed by atoms with E-state index in [1.165, 1.54) is 4.31 Å². The number of hydrogen-bond acceptors (Lipinski definition) is 6. The minimum absolute atomic E-state index is 0.0392. The second-order valence-electron chi connectivity index (χ2n) is 8.10. The highest BCUT2D eigenvalue weighted by Crippen LogP contribution is 2.30. The van der Waals surface area contributed by atoms with Crippen LogP contribution < -0.4 is 5.32 Å². The van der Waals surface area contributed by atoms with Crippen molar-refractivity contribution in [2.75, 3.05) is 11.9 Å². The van der Waals surface area contributed by atoms with Crippen LogP contribution in [0.2, 0.25) is 0 Å². The number of para-hydroxylation sites is 2. The summed E-state index contributed by atoms with van der Waals surface area (Å²) >= 11 is 0. The quantitative estimate of drug-likeness (QED) is 0.464. The number of nitrogens with zero attached hydrogens (tertiary/aromatic N) is 3. The lowest BCUT2D eigenvalue weighted by molar-refractivity contribution is -0.119. The molecule has 1 atom stereocenters. The standard InChI is InChI=1S/C23H23N5O4S/c1-14-21(15(2)32-27-14)33(30,31)28-13-5-8-20(28)23(29)24-17-11-9-16(10-12-17)22-25-18-6-3-4-7-19(18)26-22/h3-4,6-7,9-12,20H,5,8,13H2,1-2H3,(H,24,29)(H,25,26)/t20-/m0/s1. The molecule has 2 N–H and O–H groups in total. The summed E-state index contributed by atoms with van der Waals surface area (Å²) in [6.07, 6.45) is 1.05. The molecule has 2 aromatic heterocycles. The maximum absolute atomic E-state index is 13.2. The Hall–Kier alpha value is -3.50. The van der Waals surface area contributed by atoms with Crippen LogP contribution >= 0.6 is 0 Å². The number of nitrogens with one attached hydrogen (secondary N) is 2. The molecule has 0 radical (unpaired) electrons. The van der Waals surface area contributed by atoms with Crippen molar-refractivity contribution in [1.29, 1.82) is 0 Å². The molecule has 1 saturated heterocycles. The van der Waals surface area contributed by atoms with Crippen LogP contribution in [-0.4, -0.2) is 46.3 Å². The Labute approximate surface area is 190 Å². The van der Waals surface area contributed by atoms with Crippen molar-refractivity contribution in [3.05, 3.63) is 60.0 Å². The first-order valence-corrected chi connectivity index (χ1v) is 12.1. The summed E-state index contributed by atoms with van der Waals surface area (Å²) in [6, 6.07) is 14.3. The Bertz CT molecular complexity index is 1390. The second kappa shape index (κ2) is 8.13. The monoisotopic (exact) mass is 465 g/mol. The molecule has 0 spiro atoms. The molecule has 1 amide bonds. The lowest BCUT2D eigenvalue weighted by atomic mass is 10.1. The summed E-state index contributed by atoms with van der Waals surface area (Å²) in [5, 5.41) is 6.60. The summed E-state index contributed by atoms with van der Waals surface area (Å²) in [6.45, 7) is 3.41. The van der Waals surface area contributed by atoms with E-state index in [1.807, 2.05) is 36.4 Å². The van der Waals surface area contributed by atoms with E-state index in [9.17, 15) is 13.2 Å². The molecule has 0 saturated carbocycles. The van der Waals surface area contributed by atoms with Crippen molar-refractivity contribution in [3.63, 3.8) is 0 Å². The van der Waals surface area contributed by atoms with E-state index >= 15 is 0 Å². The molecule has 9 nitrogen and oxygen atoms in total. The zero-order valence-corrected chi connectivity index (χ0v) is 19.0. The lowest BCUT2D eigenvalue weighted by Gasteiger charge is -2.23. The number of hydrogen-bond donors (Lipinski definition) is 2. The Balaban J connectivity index is 1.33. The molecule has 170 valence electrons. The van der Waals surface area contributed by atoms with Gasteiger partial charge in [0, 0.05) is 17.8 Å². The molecule has 1 aliphatic heterocycles. The molecule has 3 heterocycles. The van der Waals surface area contributed by atoms with E-state index in [2.05, 4.69) is 20.4 Å². The maximum Gasteiger partial charge on any atom is 0.249 e. The van der Waals surface area contributed by atoms with Crippen LogP contribution in [0.4, 0.5) is 5.69 Å². The predicted molar refractivity (Wildman–Crippen MR) is 123 cm³/mol. The number of benzene rings is 2. The number of fused-ring (bicyclic) bond motifs is 1. The van der Waals surface area contributed by atoms with Gasteiger partial charge in [-0.15, -0.1) is 0 Å². The topological polar surface area (TPSA) is 121 Å². The molecular weight excluding hydrogens is 442 g/mol. The Morgan fingerprint density at radius 3 is 2.61 bits per heavy atom. The molecule has 0 aliphatic carbocycles. The van der Waals surface area contributed by atoms with Gasteiger partial charge in [-0.25, -0.2) is 13.4 Å². The highest BCUT2D eigenvalue weighted by molar-refractivity contribution is 7.89. The number of amides is 1. The van der Waals surface area contributed by atoms with Crippen molar-refractivity contribution in [1.82, 2.24) is 19.4 Å². The molecular formula is C23H23N5O4S. The van der Waals surface area contributed by atoms with Crippen molar-refractivity contribution < 1.29 is 17.7 Å². The summed E-state index contributed by atoms with van der Waals surface area (Å²) < 4.78 is 32.7. The van der Waals surface area contributed by atoms with Gasteiger partial charge in [-0.3, -0.25) is 4.79 Å². The molecule has 0 bridgehead atoms. The molecule has 1 aliphatic rings. The number of H-pyrrole nitrogens is 1. The van der Waals surface area contributed by atoms with Gasteiger partial charge in [-0.05, 0) is 63.1 Å². The molecule has 33 heavy (non-hydrogen) atoms. The number of imidazole rings is 1. The SMILES string of the molecule is Cc1noc(C)c1S(=O)(=O)N1CCC[C@H]1C(=O)Nc1ccc(-c2nc3ccccc3[nH]2)cc1. The van der Waals surface area contributed by atoms with E-state index in [-0.39, 0.29) is 23.1 Å². The van der Waals surface area contributed by atoms with Gasteiger partial charge in [0.1, 0.15) is 22.5 Å². The number of aryl methyl sites for hydroxylation is 2. The van der Waals surface area contributed by atoms with E-state index in [1.54, 1.807) is 26.0 Å². The number of anilines is 1. The van der Waals surface area contributed by atoms with Crippen molar-refractivity contribution in [2.24, 2.45) is 0 Å². The average molecular weight is 466 g/mol. The third-order valence-corrected chi connectivity index (χ3v) is 8.01. The first-order chi connectivity index (χ1) is 15.8. The highest BCUT2D eigenvalue weighted by atomic mass is 32.2. The first-order valence-electron chi connectivity index (χ1n) is 10.7. The van der Waals surface area contributed by atoms with Crippen LogP contribution in [0.25, 0.3) is 22.4 Å². The molecule has 10 heteroatoms. The fraction of sp³-hybridized carbons (Fsp3) is 0.261. The van der Waals surface area contributed by atoms with Gasteiger partial charge in [0.25, 0.3) is 0 Å². The lowest BCUT2D eigenvalue weighted by Crippen LogP contribution is -2.43. The third-order valence-electron chi connectivity index (χ3n) is 5.86. The zero-order valence-electron chi connectivity index (χ0n) is 18.2. The van der Waals surface area contributed by atoms with Crippen LogP contribution in [-0.2, 0) is 14.8 Å². The molecule has 4 aromatic rings. The van der Waals surface area contributed by atoms with Crippen molar-refractivity contribution in [2.45, 2.75) is 37.6 Å². The number of aromatic amines is 1. The first kappa shape index (κ1) is 21.4. The predicted octanol–water partition coefficient (Wildman–Crippen LogP) is 3.63. The second-order valence-corrected chi connectivity index (χ2v) is 9.92. The maximum atomic E-state index is 13.2. The minimum atomic E-state index is -3.89. The van der Waals surface area contributed by atoms with Gasteiger partial charge in [0.2, 0.25) is 15.9 Å². The minimum Gasteiger partial charge on any atom is -0.360 e. The van der Waals surface area contributed by atoms with Gasteiger partial charge in [0.15, 0.2) is 5.76 Å². The highest BCUT2D eigenvalue weighted by Gasteiger charge is 2.41. The van der Waals surface area contributed by atoms with Crippen LogP contribution in [0.5, 0.6) is 0 Å². The summed E-state index contributed by atoms with van der Waals surface area (Å²) in [7, 11) is -3.89. The van der Waals surface area contributed by atoms with E-state index in [4.69, 9.17) is 4.52 Å². The molecule has 5 rings (SSSR count). The smallest absolute Gasteiger partial charge is 0.249 e. The summed E-state index contributed by atoms with van der Waals surface area (Å²) in [5.41, 5.74) is 3.59. The van der Waals surface area contributed by atoms with Gasteiger partial charge < -0.3 is 14.8 Å². The number of carbonyl (C=O) groups excluding carboxylic acids is 1. The Morgan fingerprint density at radius 1 is 1.15 bits per heavy atom. The van der Waals surface area contributed by atoms with Crippen LogP contribution in [0.3, 0.4) is 0 Å². The van der Waals surface area contributed by atoms with E-state index in [0.717, 1.165) is 22.4 Å². The number of rotatable bonds is 5. The fourth-order valence-electron chi connectivity index (χ4n) is 4.28. The third kappa shape index (κ3) is 3.81. The van der Waals surface area contributed by atoms with Gasteiger partial charge >= 0.3 is 0 Å². The summed E-state index contributed by atoms with van der Waals surface area (Å²) in [5.74, 6) is 0.598. The molecule has 0 unspecified atom stereocenters. The normalized spacial score (nSPS) is 17.0. The number of aromatic nitrogens is 3. The van der Waals surface area contributed by atoms with Crippen LogP contribution in [0, 0.1) is 13.8 Å². The molecule has 1 fully saturated rings. The fourth-order valence-corrected chi connectivity index (χ4v) is 6.23. The molecule has 2 aromatic carbocycles. The number of carbonyl (C=O) groups is 1. The van der Waals surface area contributed by atoms with Gasteiger partial charge in [0.05, 0.1) is 11.0 Å². The van der Waals surface area contributed by atoms with Crippen molar-refractivity contribution >= 4 is 32.7 Å². The van der Waals surface area contributed by atoms with Gasteiger partial charge in [-0.2, -0.15) is 4.31 Å². The van der Waals surface area contributed by atoms with E-state index < -0.39 is 16.1 Å². The summed E-state index contributed by atoms with van der Waals surface area (Å²) in [4.78, 5) is 20.9. The Kier molecular flexibility index (Phi) is 5.26. The van der Waals surface area contributed by atoms with E-state index in [0.29, 0.717) is 24.2 Å². The average Bonchev–Trinajstić information content (AvgIpc) is 3.52. The van der Waals surface area contributed by atoms with Crippen LogP contribution in [0.1, 0.15) is 24.3 Å². The van der Waals surface area contributed by atoms with Crippen LogP contribution in [0.15, 0.2) is 57.9 Å². The van der Waals surface area contributed by atoms with Crippen molar-refractivity contribution in [3.8, 4) is 11.4 Å². The zero-order chi connectivity index (χ0) is 23.2.